The number of para-hydroxylation sites is 1. The molecule has 54 valence electrons. The molecule has 0 unspecified atom stereocenters. The van der Waals surface area contributed by atoms with E-state index in [4.69, 9.17) is 0 Å². The van der Waals surface area contributed by atoms with Gasteiger partial charge in [-0.15, -0.1) is 4.79 Å². The van der Waals surface area contributed by atoms with E-state index in [1.165, 1.54) is 24.5 Å². The van der Waals surface area contributed by atoms with E-state index in [0.717, 1.165) is 0 Å². The molecule has 4 heteroatoms. The number of hydrogen-bond donors (Lipinski definition) is 0. The summed E-state index contributed by atoms with van der Waals surface area (Å²) in [6.07, 6.45) is 1.49. The van der Waals surface area contributed by atoms with Crippen molar-refractivity contribution in [3.8, 4) is 0 Å². The minimum atomic E-state index is -0.611. The van der Waals surface area contributed by atoms with E-state index in [0.29, 0.717) is 0 Å². The number of rotatable bonds is 2. The maximum Gasteiger partial charge on any atom is 0.390 e. The Bertz CT molecular complexity index is 295. The van der Waals surface area contributed by atoms with Gasteiger partial charge in [0.2, 0.25) is 0 Å². The highest BCUT2D eigenvalue weighted by Gasteiger charge is 2.21. The van der Waals surface area contributed by atoms with Gasteiger partial charge in [0.05, 0.1) is 12.1 Å². The lowest BCUT2D eigenvalue weighted by molar-refractivity contribution is -0.385. The molecule has 11 heavy (non-hydrogen) atoms. The normalized spacial score (nSPS) is 8.73. The Labute approximate surface area is 62.6 Å². The summed E-state index contributed by atoms with van der Waals surface area (Å²) in [5, 5.41) is 10.2. The average Bonchev–Trinajstić information content (AvgIpc) is 2.04. The molecule has 4 nitrogen and oxygen atoms in total. The number of nitro benzene ring substituents is 1. The van der Waals surface area contributed by atoms with Gasteiger partial charge in [-0.1, -0.05) is 0 Å². The smallest absolute Gasteiger partial charge is 0.246 e. The average molecular weight is 150 g/mol. The van der Waals surface area contributed by atoms with Gasteiger partial charge in [0.15, 0.2) is 0 Å². The van der Waals surface area contributed by atoms with E-state index in [9.17, 15) is 14.9 Å². The third-order valence-corrected chi connectivity index (χ3v) is 1.21. The molecular formula is C7H4NO3+. The predicted octanol–water partition coefficient (Wildman–Crippen LogP) is 1.05. The summed E-state index contributed by atoms with van der Waals surface area (Å²) in [6, 6.07) is 5.66. The van der Waals surface area contributed by atoms with Gasteiger partial charge in [-0.25, -0.2) is 10.1 Å². The molecule has 1 rings (SSSR count). The van der Waals surface area contributed by atoms with Crippen molar-refractivity contribution in [2.75, 3.05) is 0 Å². The van der Waals surface area contributed by atoms with Crippen molar-refractivity contribution in [1.82, 2.24) is 0 Å². The first-order valence-electron chi connectivity index (χ1n) is 2.87. The Hall–Kier alpha value is -1.80. The van der Waals surface area contributed by atoms with Crippen LogP contribution in [0.1, 0.15) is 5.56 Å². The summed E-state index contributed by atoms with van der Waals surface area (Å²) in [6.45, 7) is 0. The molecule has 0 fully saturated rings. The molecular weight excluding hydrogens is 146 g/mol. The Kier molecular flexibility index (Phi) is 1.90. The zero-order valence-corrected chi connectivity index (χ0v) is 5.48. The summed E-state index contributed by atoms with van der Waals surface area (Å²) in [7, 11) is 0. The third-order valence-electron chi connectivity index (χ3n) is 1.21. The summed E-state index contributed by atoms with van der Waals surface area (Å²) in [5.41, 5.74) is -0.222. The summed E-state index contributed by atoms with van der Waals surface area (Å²) in [4.78, 5) is 19.7. The fourth-order valence-electron chi connectivity index (χ4n) is 0.719. The van der Waals surface area contributed by atoms with Crippen LogP contribution in [-0.4, -0.2) is 11.2 Å². The quantitative estimate of drug-likeness (QED) is 0.359. The fourth-order valence-corrected chi connectivity index (χ4v) is 0.719. The Morgan fingerprint density at radius 3 is 2.45 bits per heavy atom. The topological polar surface area (TPSA) is 60.2 Å². The van der Waals surface area contributed by atoms with Gasteiger partial charge in [-0.05, 0) is 12.1 Å². The van der Waals surface area contributed by atoms with Gasteiger partial charge in [0.25, 0.3) is 0 Å². The molecule has 0 bridgehead atoms. The molecule has 1 aromatic carbocycles. The molecule has 0 aliphatic heterocycles. The molecule has 0 N–H and O–H groups in total. The third kappa shape index (κ3) is 1.36. The van der Waals surface area contributed by atoms with E-state index < -0.39 is 4.92 Å². The van der Waals surface area contributed by atoms with Crippen molar-refractivity contribution in [2.45, 2.75) is 0 Å². The summed E-state index contributed by atoms with van der Waals surface area (Å²) < 4.78 is 0. The van der Waals surface area contributed by atoms with E-state index in [2.05, 4.69) is 0 Å². The van der Waals surface area contributed by atoms with Crippen molar-refractivity contribution in [3.05, 3.63) is 39.9 Å². The zero-order chi connectivity index (χ0) is 8.27. The number of hydrogen-bond acceptors (Lipinski definition) is 3. The number of benzene rings is 1. The molecule has 1 aromatic rings. The van der Waals surface area contributed by atoms with Crippen LogP contribution >= 0.6 is 0 Å². The maximum absolute atomic E-state index is 10.2. The lowest BCUT2D eigenvalue weighted by Crippen LogP contribution is -1.92. The van der Waals surface area contributed by atoms with Crippen molar-refractivity contribution >= 4 is 12.0 Å². The van der Waals surface area contributed by atoms with Gasteiger partial charge in [-0.2, -0.15) is 0 Å². The number of nitrogens with zero attached hydrogens (tertiary/aromatic N) is 1. The van der Waals surface area contributed by atoms with Gasteiger partial charge < -0.3 is 0 Å². The highest BCUT2D eigenvalue weighted by molar-refractivity contribution is 5.81. The molecule has 0 spiro atoms. The van der Waals surface area contributed by atoms with Crippen LogP contribution in [0.4, 0.5) is 5.69 Å². The van der Waals surface area contributed by atoms with E-state index >= 15 is 0 Å². The molecule has 0 heterocycles. The Morgan fingerprint density at radius 1 is 1.36 bits per heavy atom. The fraction of sp³-hybridized carbons (Fsp3) is 0. The molecule has 0 saturated heterocycles. The van der Waals surface area contributed by atoms with Crippen LogP contribution < -0.4 is 0 Å². The van der Waals surface area contributed by atoms with Crippen LogP contribution in [0.2, 0.25) is 0 Å². The highest BCUT2D eigenvalue weighted by Crippen LogP contribution is 2.14. The van der Waals surface area contributed by atoms with E-state index in [1.54, 1.807) is 6.07 Å². The Balaban J connectivity index is 3.22. The first kappa shape index (κ1) is 7.31. The second-order valence-electron chi connectivity index (χ2n) is 1.88. The van der Waals surface area contributed by atoms with Gasteiger partial charge in [0.1, 0.15) is 4.92 Å². The largest absolute Gasteiger partial charge is 0.390 e. The number of carbonyl (C=O) groups excluding carboxylic acids is 1. The van der Waals surface area contributed by atoms with Crippen LogP contribution in [0.5, 0.6) is 0 Å². The van der Waals surface area contributed by atoms with E-state index in [1.807, 2.05) is 0 Å². The lowest BCUT2D eigenvalue weighted by Gasteiger charge is -1.82. The first-order chi connectivity index (χ1) is 5.25. The second-order valence-corrected chi connectivity index (χ2v) is 1.88. The van der Waals surface area contributed by atoms with Crippen LogP contribution in [0, 0.1) is 10.1 Å². The van der Waals surface area contributed by atoms with Crippen molar-refractivity contribution in [2.24, 2.45) is 0 Å². The minimum Gasteiger partial charge on any atom is -0.246 e. The van der Waals surface area contributed by atoms with Crippen LogP contribution in [0.3, 0.4) is 0 Å². The molecule has 0 aromatic heterocycles. The standard InChI is InChI=1S/C7H4NO3/c9-5-6-3-1-2-4-7(6)8(10)11/h1-4H/q+1. The highest BCUT2D eigenvalue weighted by atomic mass is 16.6. The summed E-state index contributed by atoms with van der Waals surface area (Å²) >= 11 is 0. The SMILES string of the molecule is O=[C+]c1ccccc1[N+](=O)[O-]. The summed E-state index contributed by atoms with van der Waals surface area (Å²) in [5.74, 6) is 0. The zero-order valence-electron chi connectivity index (χ0n) is 5.48. The lowest BCUT2D eigenvalue weighted by atomic mass is 10.2. The van der Waals surface area contributed by atoms with Crippen molar-refractivity contribution in [3.63, 3.8) is 0 Å². The molecule has 0 aliphatic rings. The Morgan fingerprint density at radius 2 is 2.00 bits per heavy atom. The number of nitro groups is 1. The van der Waals surface area contributed by atoms with Crippen LogP contribution in [-0.2, 0) is 4.79 Å². The van der Waals surface area contributed by atoms with Crippen LogP contribution in [0.15, 0.2) is 24.3 Å². The maximum atomic E-state index is 10.2. The van der Waals surface area contributed by atoms with Crippen LogP contribution in [0.25, 0.3) is 0 Å². The predicted molar refractivity (Wildman–Crippen MR) is 37.9 cm³/mol. The minimum absolute atomic E-state index is 0.0162. The molecule has 0 saturated carbocycles. The molecule has 0 aliphatic carbocycles. The molecule has 0 amide bonds. The molecule has 0 radical (unpaired) electrons. The molecule has 0 atom stereocenters. The van der Waals surface area contributed by atoms with Gasteiger partial charge in [0, 0.05) is 0 Å². The van der Waals surface area contributed by atoms with Crippen molar-refractivity contribution < 1.29 is 9.72 Å². The monoisotopic (exact) mass is 150 g/mol. The van der Waals surface area contributed by atoms with E-state index in [-0.39, 0.29) is 11.3 Å². The van der Waals surface area contributed by atoms with Crippen molar-refractivity contribution in [1.29, 1.82) is 0 Å². The van der Waals surface area contributed by atoms with Gasteiger partial charge >= 0.3 is 17.5 Å². The first-order valence-corrected chi connectivity index (χ1v) is 2.87. The second kappa shape index (κ2) is 2.86. The van der Waals surface area contributed by atoms with Gasteiger partial charge in [-0.3, -0.25) is 0 Å².